The number of benzene rings is 2. The minimum absolute atomic E-state index is 0.135. The number of hydrogen-bond acceptors (Lipinski definition) is 6. The van der Waals surface area contributed by atoms with Crippen LogP contribution in [0.4, 0.5) is 20.6 Å². The Morgan fingerprint density at radius 2 is 1.85 bits per heavy atom. The molecule has 1 aliphatic rings. The van der Waals surface area contributed by atoms with Crippen molar-refractivity contribution in [1.82, 2.24) is 14.8 Å². The number of likely N-dealkylation sites (N-methyl/N-ethyl adjacent to an activating group) is 1. The van der Waals surface area contributed by atoms with Gasteiger partial charge < -0.3 is 30.3 Å². The second-order valence-electron chi connectivity index (χ2n) is 9.81. The maximum atomic E-state index is 13.6. The molecule has 0 saturated heterocycles. The van der Waals surface area contributed by atoms with Crippen LogP contribution in [0.3, 0.4) is 0 Å². The third-order valence-corrected chi connectivity index (χ3v) is 6.78. The van der Waals surface area contributed by atoms with Crippen LogP contribution >= 0.6 is 0 Å². The van der Waals surface area contributed by atoms with Gasteiger partial charge in [-0.1, -0.05) is 13.0 Å². The predicted molar refractivity (Wildman–Crippen MR) is 148 cm³/mol. The molecule has 1 aromatic heterocycles. The molecule has 11 heteroatoms. The Balaban J connectivity index is 1.64. The van der Waals surface area contributed by atoms with E-state index >= 15 is 0 Å². The summed E-state index contributed by atoms with van der Waals surface area (Å²) in [5.74, 6) is -1.26. The average Bonchev–Trinajstić information content (AvgIpc) is 2.96. The van der Waals surface area contributed by atoms with Crippen molar-refractivity contribution in [3.63, 3.8) is 0 Å². The maximum Gasteiger partial charge on any atom is 0.321 e. The lowest BCUT2D eigenvalue weighted by atomic mass is 9.99. The number of anilines is 2. The van der Waals surface area contributed by atoms with Crippen LogP contribution < -0.4 is 15.4 Å². The third-order valence-electron chi connectivity index (χ3n) is 6.78. The van der Waals surface area contributed by atoms with Crippen LogP contribution in [-0.2, 0) is 0 Å². The van der Waals surface area contributed by atoms with Gasteiger partial charge in [0.2, 0.25) is 0 Å². The van der Waals surface area contributed by atoms with Gasteiger partial charge in [-0.25, -0.2) is 9.18 Å². The summed E-state index contributed by atoms with van der Waals surface area (Å²) in [5.41, 5.74) is 1.33. The van der Waals surface area contributed by atoms with E-state index < -0.39 is 29.9 Å². The number of amides is 4. The Morgan fingerprint density at radius 3 is 2.52 bits per heavy atom. The molecular formula is C29H32FN5O5. The Hall–Kier alpha value is -4.51. The quantitative estimate of drug-likeness (QED) is 0.411. The zero-order valence-electron chi connectivity index (χ0n) is 22.5. The zero-order valence-corrected chi connectivity index (χ0v) is 22.5. The van der Waals surface area contributed by atoms with Crippen LogP contribution in [0, 0.1) is 11.7 Å². The normalized spacial score (nSPS) is 17.5. The molecule has 2 aromatic carbocycles. The van der Waals surface area contributed by atoms with Gasteiger partial charge in [-0.05, 0) is 55.5 Å². The number of hydrogen-bond donors (Lipinski definition) is 3. The van der Waals surface area contributed by atoms with Crippen molar-refractivity contribution in [2.45, 2.75) is 26.0 Å². The van der Waals surface area contributed by atoms with E-state index in [9.17, 15) is 23.9 Å². The van der Waals surface area contributed by atoms with E-state index in [0.717, 1.165) is 0 Å². The van der Waals surface area contributed by atoms with E-state index in [1.54, 1.807) is 49.2 Å². The van der Waals surface area contributed by atoms with Crippen molar-refractivity contribution >= 4 is 29.2 Å². The van der Waals surface area contributed by atoms with E-state index in [2.05, 4.69) is 15.6 Å². The van der Waals surface area contributed by atoms with E-state index in [4.69, 9.17) is 4.74 Å². The van der Waals surface area contributed by atoms with Gasteiger partial charge in [-0.15, -0.1) is 0 Å². The van der Waals surface area contributed by atoms with Crippen molar-refractivity contribution in [2.75, 3.05) is 37.4 Å². The number of nitrogens with one attached hydrogen (secondary N) is 2. The van der Waals surface area contributed by atoms with E-state index in [1.165, 1.54) is 41.6 Å². The molecule has 0 aliphatic carbocycles. The number of para-hydroxylation sites is 1. The number of halogens is 1. The summed E-state index contributed by atoms with van der Waals surface area (Å²) in [6.45, 7) is 3.81. The van der Waals surface area contributed by atoms with Crippen LogP contribution in [0.25, 0.3) is 0 Å². The van der Waals surface area contributed by atoms with Gasteiger partial charge in [0.15, 0.2) is 5.75 Å². The lowest BCUT2D eigenvalue weighted by Gasteiger charge is -2.38. The lowest BCUT2D eigenvalue weighted by Crippen LogP contribution is -2.50. The molecule has 40 heavy (non-hydrogen) atoms. The van der Waals surface area contributed by atoms with Gasteiger partial charge in [-0.3, -0.25) is 14.6 Å². The number of aromatic nitrogens is 1. The molecule has 0 radical (unpaired) electrons. The molecule has 0 spiro atoms. The fourth-order valence-electron chi connectivity index (χ4n) is 4.36. The number of urea groups is 1. The summed E-state index contributed by atoms with van der Waals surface area (Å²) in [4.78, 5) is 46.4. The van der Waals surface area contributed by atoms with E-state index in [0.29, 0.717) is 16.9 Å². The highest BCUT2D eigenvalue weighted by molar-refractivity contribution is 6.07. The van der Waals surface area contributed by atoms with Crippen LogP contribution in [0.2, 0.25) is 0 Å². The molecule has 0 fully saturated rings. The first-order valence-corrected chi connectivity index (χ1v) is 12.9. The first kappa shape index (κ1) is 28.5. The monoisotopic (exact) mass is 549 g/mol. The number of rotatable bonds is 7. The van der Waals surface area contributed by atoms with Crippen LogP contribution in [0.5, 0.6) is 5.75 Å². The third kappa shape index (κ3) is 6.55. The summed E-state index contributed by atoms with van der Waals surface area (Å²) in [5, 5.41) is 15.4. The first-order chi connectivity index (χ1) is 19.2. The Bertz CT molecular complexity index is 1350. The summed E-state index contributed by atoms with van der Waals surface area (Å²) in [7, 11) is 1.60. The van der Waals surface area contributed by atoms with Gasteiger partial charge >= 0.3 is 6.03 Å². The SMILES string of the molecule is C[C@@H]1CN([C@@H](C)CO)C(=O)c2cccc(NC(=O)c3ccncc3)c2O[C@H]1CN(C)C(=O)Nc1ccc(F)cc1. The molecule has 3 N–H and O–H groups in total. The number of fused-ring (bicyclic) bond motifs is 1. The van der Waals surface area contributed by atoms with Gasteiger partial charge in [0.05, 0.1) is 30.4 Å². The van der Waals surface area contributed by atoms with Crippen molar-refractivity contribution in [3.05, 3.63) is 83.9 Å². The molecule has 2 heterocycles. The molecule has 10 nitrogen and oxygen atoms in total. The topological polar surface area (TPSA) is 124 Å². The standard InChI is InChI=1S/C29H32FN5O5/c1-18-15-35(19(2)17-36)28(38)23-5-4-6-24(33-27(37)20-11-13-31-14-12-20)26(23)40-25(18)16-34(3)29(39)32-22-9-7-21(30)8-10-22/h4-14,18-19,25,36H,15-17H2,1-3H3,(H,32,39)(H,33,37)/t18-,19+,25+/m1/s1. The Morgan fingerprint density at radius 1 is 1.15 bits per heavy atom. The molecule has 4 rings (SSSR count). The minimum Gasteiger partial charge on any atom is -0.485 e. The van der Waals surface area contributed by atoms with E-state index in [-0.39, 0.29) is 42.8 Å². The fourth-order valence-corrected chi connectivity index (χ4v) is 4.36. The first-order valence-electron chi connectivity index (χ1n) is 12.9. The molecule has 3 atom stereocenters. The summed E-state index contributed by atoms with van der Waals surface area (Å²) in [6.07, 6.45) is 2.41. The molecule has 4 amide bonds. The van der Waals surface area contributed by atoms with E-state index in [1.807, 2.05) is 6.92 Å². The number of aliphatic hydroxyl groups excluding tert-OH is 1. The van der Waals surface area contributed by atoms with Crippen molar-refractivity contribution in [2.24, 2.45) is 5.92 Å². The number of carbonyl (C=O) groups is 3. The Labute approximate surface area is 231 Å². The fraction of sp³-hybridized carbons (Fsp3) is 0.310. The lowest BCUT2D eigenvalue weighted by molar-refractivity contribution is 0.0372. The minimum atomic E-state index is -0.594. The highest BCUT2D eigenvalue weighted by Crippen LogP contribution is 2.35. The second kappa shape index (κ2) is 12.6. The summed E-state index contributed by atoms with van der Waals surface area (Å²) in [6, 6.07) is 12.5. The molecule has 3 aromatic rings. The molecule has 0 unspecified atom stereocenters. The van der Waals surface area contributed by atoms with Gasteiger partial charge in [0.1, 0.15) is 11.9 Å². The molecular weight excluding hydrogens is 517 g/mol. The van der Waals surface area contributed by atoms with Crippen LogP contribution in [0.15, 0.2) is 67.0 Å². The Kier molecular flexibility index (Phi) is 8.95. The average molecular weight is 550 g/mol. The van der Waals surface area contributed by atoms with Gasteiger partial charge in [0.25, 0.3) is 11.8 Å². The highest BCUT2D eigenvalue weighted by atomic mass is 19.1. The zero-order chi connectivity index (χ0) is 28.8. The van der Waals surface area contributed by atoms with Crippen molar-refractivity contribution < 1.29 is 28.6 Å². The van der Waals surface area contributed by atoms with Crippen molar-refractivity contribution in [1.29, 1.82) is 0 Å². The number of ether oxygens (including phenoxy) is 1. The smallest absolute Gasteiger partial charge is 0.321 e. The molecule has 0 bridgehead atoms. The summed E-state index contributed by atoms with van der Waals surface area (Å²) >= 11 is 0. The number of pyridine rings is 1. The van der Waals surface area contributed by atoms with Gasteiger partial charge in [-0.2, -0.15) is 0 Å². The molecule has 210 valence electrons. The molecule has 0 saturated carbocycles. The van der Waals surface area contributed by atoms with Gasteiger partial charge in [0, 0.05) is 43.2 Å². The van der Waals surface area contributed by atoms with Crippen molar-refractivity contribution in [3.8, 4) is 5.75 Å². The number of aliphatic hydroxyl groups is 1. The number of nitrogens with zero attached hydrogens (tertiary/aromatic N) is 3. The predicted octanol–water partition coefficient (Wildman–Crippen LogP) is 3.86. The molecule has 1 aliphatic heterocycles. The second-order valence-corrected chi connectivity index (χ2v) is 9.81. The maximum absolute atomic E-state index is 13.6. The largest absolute Gasteiger partial charge is 0.485 e. The van der Waals surface area contributed by atoms with Crippen LogP contribution in [0.1, 0.15) is 34.6 Å². The highest BCUT2D eigenvalue weighted by Gasteiger charge is 2.35. The summed E-state index contributed by atoms with van der Waals surface area (Å²) < 4.78 is 19.7. The number of carbonyl (C=O) groups excluding carboxylic acids is 3. The van der Waals surface area contributed by atoms with Crippen LogP contribution in [-0.4, -0.2) is 76.6 Å².